The van der Waals surface area contributed by atoms with E-state index in [1.54, 1.807) is 37.1 Å². The maximum absolute atomic E-state index is 12.2. The molecule has 0 saturated carbocycles. The molecule has 122 valence electrons. The van der Waals surface area contributed by atoms with E-state index in [9.17, 15) is 4.79 Å². The van der Waals surface area contributed by atoms with Gasteiger partial charge in [-0.05, 0) is 30.3 Å². The topological polar surface area (TPSA) is 72.7 Å². The number of carbonyl (C=O) groups excluding carboxylic acids is 1. The Morgan fingerprint density at radius 1 is 1.00 bits per heavy atom. The number of nitrogens with one attached hydrogen (secondary N) is 1. The highest BCUT2D eigenvalue weighted by atomic mass is 16.1. The maximum Gasteiger partial charge on any atom is 0.253 e. The van der Waals surface area contributed by atoms with Gasteiger partial charge in [-0.3, -0.25) is 14.3 Å². The van der Waals surface area contributed by atoms with E-state index < -0.39 is 0 Å². The summed E-state index contributed by atoms with van der Waals surface area (Å²) < 4.78 is 1.93. The number of rotatable bonds is 4. The predicted octanol–water partition coefficient (Wildman–Crippen LogP) is 2.75. The average Bonchev–Trinajstić information content (AvgIpc) is 3.11. The number of imidazole rings is 1. The fourth-order valence-corrected chi connectivity index (χ4v) is 2.69. The molecule has 1 amide bonds. The molecule has 6 heteroatoms. The van der Waals surface area contributed by atoms with Crippen LogP contribution >= 0.6 is 0 Å². The molecule has 0 aliphatic carbocycles. The number of pyridine rings is 2. The molecular formula is C19H15N5O. The van der Waals surface area contributed by atoms with Crippen LogP contribution in [0.5, 0.6) is 0 Å². The molecular weight excluding hydrogens is 314 g/mol. The Morgan fingerprint density at radius 3 is 2.76 bits per heavy atom. The van der Waals surface area contributed by atoms with Crippen LogP contribution in [0.15, 0.2) is 73.4 Å². The number of aromatic nitrogens is 4. The van der Waals surface area contributed by atoms with Gasteiger partial charge in [0, 0.05) is 30.7 Å². The number of hydrogen-bond acceptors (Lipinski definition) is 4. The molecule has 25 heavy (non-hydrogen) atoms. The van der Waals surface area contributed by atoms with Gasteiger partial charge in [-0.2, -0.15) is 0 Å². The lowest BCUT2D eigenvalue weighted by atomic mass is 10.2. The molecule has 0 atom stereocenters. The number of nitrogens with zero attached hydrogens (tertiary/aromatic N) is 4. The van der Waals surface area contributed by atoms with E-state index in [2.05, 4.69) is 20.3 Å². The molecule has 3 aromatic heterocycles. The highest BCUT2D eigenvalue weighted by Crippen LogP contribution is 2.19. The second-order valence-electron chi connectivity index (χ2n) is 5.51. The molecule has 6 nitrogen and oxygen atoms in total. The molecule has 0 saturated heterocycles. The number of amides is 1. The monoisotopic (exact) mass is 329 g/mol. The number of benzene rings is 1. The van der Waals surface area contributed by atoms with E-state index in [4.69, 9.17) is 0 Å². The molecule has 1 aromatic carbocycles. The molecule has 1 N–H and O–H groups in total. The molecule has 0 unspecified atom stereocenters. The van der Waals surface area contributed by atoms with Crippen LogP contribution < -0.4 is 5.32 Å². The first-order chi connectivity index (χ1) is 12.3. The third-order valence-electron chi connectivity index (χ3n) is 3.91. The Balaban J connectivity index is 1.63. The van der Waals surface area contributed by atoms with Gasteiger partial charge in [0.25, 0.3) is 5.91 Å². The van der Waals surface area contributed by atoms with Crippen LogP contribution in [-0.2, 0) is 6.54 Å². The minimum absolute atomic E-state index is 0.168. The summed E-state index contributed by atoms with van der Waals surface area (Å²) in [6, 6.07) is 15.1. The number of hydrogen-bond donors (Lipinski definition) is 1. The lowest BCUT2D eigenvalue weighted by Crippen LogP contribution is -2.23. The highest BCUT2D eigenvalue weighted by molar-refractivity contribution is 5.93. The van der Waals surface area contributed by atoms with Gasteiger partial charge in [-0.1, -0.05) is 18.2 Å². The van der Waals surface area contributed by atoms with Crippen LogP contribution in [-0.4, -0.2) is 25.4 Å². The predicted molar refractivity (Wildman–Crippen MR) is 94.3 cm³/mol. The molecule has 4 rings (SSSR count). The van der Waals surface area contributed by atoms with Crippen molar-refractivity contribution >= 4 is 16.9 Å². The number of para-hydroxylation sites is 2. The van der Waals surface area contributed by atoms with Gasteiger partial charge in [0.2, 0.25) is 0 Å². The van der Waals surface area contributed by atoms with Crippen LogP contribution in [0, 0.1) is 0 Å². The summed E-state index contributed by atoms with van der Waals surface area (Å²) >= 11 is 0. The Hall–Kier alpha value is -3.54. The largest absolute Gasteiger partial charge is 0.348 e. The van der Waals surface area contributed by atoms with Crippen molar-refractivity contribution in [3.63, 3.8) is 0 Å². The van der Waals surface area contributed by atoms with Crippen LogP contribution in [0.2, 0.25) is 0 Å². The van der Waals surface area contributed by atoms with Crippen molar-refractivity contribution in [1.82, 2.24) is 24.8 Å². The summed E-state index contributed by atoms with van der Waals surface area (Å²) in [7, 11) is 0. The Kier molecular flexibility index (Phi) is 3.92. The zero-order chi connectivity index (χ0) is 17.1. The first kappa shape index (κ1) is 15.0. The molecule has 0 aliphatic heterocycles. The van der Waals surface area contributed by atoms with Crippen molar-refractivity contribution in [3.8, 4) is 5.82 Å². The molecule has 3 heterocycles. The smallest absolute Gasteiger partial charge is 0.253 e. The fourth-order valence-electron chi connectivity index (χ4n) is 2.69. The second kappa shape index (κ2) is 6.52. The van der Waals surface area contributed by atoms with E-state index in [0.29, 0.717) is 12.1 Å². The van der Waals surface area contributed by atoms with Gasteiger partial charge in [0.05, 0.1) is 16.6 Å². The molecule has 0 aliphatic rings. The standard InChI is InChI=1S/C19H15N5O/c25-19(15-6-3-9-20-11-15)22-12-14-5-4-10-21-18(14)24-13-23-16-7-1-2-8-17(16)24/h1-11,13H,12H2,(H,22,25). The summed E-state index contributed by atoms with van der Waals surface area (Å²) in [4.78, 5) is 25.1. The third kappa shape index (κ3) is 2.97. The van der Waals surface area contributed by atoms with Crippen molar-refractivity contribution < 1.29 is 4.79 Å². The minimum atomic E-state index is -0.168. The van der Waals surface area contributed by atoms with Gasteiger partial charge >= 0.3 is 0 Å². The van der Waals surface area contributed by atoms with Crippen LogP contribution in [0.1, 0.15) is 15.9 Å². The molecule has 0 bridgehead atoms. The second-order valence-corrected chi connectivity index (χ2v) is 5.51. The van der Waals surface area contributed by atoms with Crippen LogP contribution in [0.3, 0.4) is 0 Å². The van der Waals surface area contributed by atoms with Crippen molar-refractivity contribution in [3.05, 3.63) is 84.6 Å². The normalized spacial score (nSPS) is 10.7. The Bertz CT molecular complexity index is 1030. The summed E-state index contributed by atoms with van der Waals surface area (Å²) in [5.41, 5.74) is 3.31. The maximum atomic E-state index is 12.2. The number of fused-ring (bicyclic) bond motifs is 1. The number of carbonyl (C=O) groups is 1. The summed E-state index contributed by atoms with van der Waals surface area (Å²) in [6.45, 7) is 0.364. The summed E-state index contributed by atoms with van der Waals surface area (Å²) in [6.07, 6.45) is 6.67. The third-order valence-corrected chi connectivity index (χ3v) is 3.91. The zero-order valence-corrected chi connectivity index (χ0v) is 13.3. The fraction of sp³-hybridized carbons (Fsp3) is 0.0526. The van der Waals surface area contributed by atoms with E-state index in [0.717, 1.165) is 22.4 Å². The average molecular weight is 329 g/mol. The quantitative estimate of drug-likeness (QED) is 0.625. The lowest BCUT2D eigenvalue weighted by molar-refractivity contribution is 0.0950. The molecule has 4 aromatic rings. The summed E-state index contributed by atoms with van der Waals surface area (Å²) in [5, 5.41) is 2.91. The summed E-state index contributed by atoms with van der Waals surface area (Å²) in [5.74, 6) is 0.584. The van der Waals surface area contributed by atoms with E-state index in [1.165, 1.54) is 0 Å². The van der Waals surface area contributed by atoms with E-state index >= 15 is 0 Å². The first-order valence-corrected chi connectivity index (χ1v) is 7.87. The lowest BCUT2D eigenvalue weighted by Gasteiger charge is -2.11. The first-order valence-electron chi connectivity index (χ1n) is 7.87. The minimum Gasteiger partial charge on any atom is -0.348 e. The van der Waals surface area contributed by atoms with Crippen molar-refractivity contribution in [2.75, 3.05) is 0 Å². The van der Waals surface area contributed by atoms with Gasteiger partial charge in [-0.15, -0.1) is 0 Å². The Morgan fingerprint density at radius 2 is 1.88 bits per heavy atom. The highest BCUT2D eigenvalue weighted by Gasteiger charge is 2.11. The molecule has 0 spiro atoms. The molecule has 0 fully saturated rings. The SMILES string of the molecule is O=C(NCc1cccnc1-n1cnc2ccccc21)c1cccnc1. The van der Waals surface area contributed by atoms with Crippen molar-refractivity contribution in [1.29, 1.82) is 0 Å². The van der Waals surface area contributed by atoms with E-state index in [1.807, 2.05) is 41.0 Å². The van der Waals surface area contributed by atoms with Crippen LogP contribution in [0.25, 0.3) is 16.9 Å². The van der Waals surface area contributed by atoms with Gasteiger partial charge in [0.15, 0.2) is 0 Å². The van der Waals surface area contributed by atoms with Crippen LogP contribution in [0.4, 0.5) is 0 Å². The van der Waals surface area contributed by atoms with E-state index in [-0.39, 0.29) is 5.91 Å². The van der Waals surface area contributed by atoms with Crippen molar-refractivity contribution in [2.24, 2.45) is 0 Å². The van der Waals surface area contributed by atoms with Gasteiger partial charge in [-0.25, -0.2) is 9.97 Å². The molecule has 0 radical (unpaired) electrons. The van der Waals surface area contributed by atoms with Gasteiger partial charge in [0.1, 0.15) is 12.1 Å². The van der Waals surface area contributed by atoms with Crippen molar-refractivity contribution in [2.45, 2.75) is 6.54 Å². The zero-order valence-electron chi connectivity index (χ0n) is 13.3. The van der Waals surface area contributed by atoms with Gasteiger partial charge < -0.3 is 5.32 Å². The Labute approximate surface area is 144 Å².